The molecule has 0 aliphatic heterocycles. The summed E-state index contributed by atoms with van der Waals surface area (Å²) >= 11 is 0. The zero-order chi connectivity index (χ0) is 30.4. The van der Waals surface area contributed by atoms with Crippen molar-refractivity contribution >= 4 is 41.5 Å². The van der Waals surface area contributed by atoms with Crippen LogP contribution in [0.25, 0.3) is 0 Å². The first-order valence-electron chi connectivity index (χ1n) is 11.9. The maximum atomic E-state index is 13.2. The number of amides is 4. The second kappa shape index (κ2) is 16.1. The number of carboxylic acids is 2. The Morgan fingerprint density at radius 2 is 1.35 bits per heavy atom. The molecule has 0 radical (unpaired) electrons. The molecular weight excluding hydrogens is 532 g/mol. The highest BCUT2D eigenvalue weighted by Gasteiger charge is 2.31. The Balaban J connectivity index is 3.21. The number of carboxylic acid groups (broad SMARTS) is 2. The molecule has 0 aromatic heterocycles. The number of aliphatic imine (C=N–C) groups is 1. The monoisotopic (exact) mass is 566 g/mol. The number of nitrogens with one attached hydrogen (secondary N) is 3. The number of benzene rings is 1. The smallest absolute Gasteiger partial charge is 0.326 e. The van der Waals surface area contributed by atoms with Crippen LogP contribution in [0.3, 0.4) is 0 Å². The number of primary amides is 1. The van der Waals surface area contributed by atoms with Crippen LogP contribution in [0.5, 0.6) is 5.75 Å². The van der Waals surface area contributed by atoms with Crippen molar-refractivity contribution in [3.05, 3.63) is 29.8 Å². The van der Waals surface area contributed by atoms with E-state index in [4.69, 9.17) is 28.0 Å². The van der Waals surface area contributed by atoms with E-state index in [1.807, 2.05) is 0 Å². The van der Waals surface area contributed by atoms with Crippen molar-refractivity contribution in [1.29, 1.82) is 0 Å². The molecule has 1 rings (SSSR count). The first kappa shape index (κ1) is 33.1. The van der Waals surface area contributed by atoms with Gasteiger partial charge in [0.2, 0.25) is 23.6 Å². The zero-order valence-corrected chi connectivity index (χ0v) is 21.4. The van der Waals surface area contributed by atoms with Gasteiger partial charge in [0.25, 0.3) is 0 Å². The van der Waals surface area contributed by atoms with Crippen molar-refractivity contribution < 1.29 is 44.1 Å². The largest absolute Gasteiger partial charge is 0.508 e. The number of hydrogen-bond donors (Lipinski definition) is 10. The predicted molar refractivity (Wildman–Crippen MR) is 139 cm³/mol. The zero-order valence-electron chi connectivity index (χ0n) is 21.4. The van der Waals surface area contributed by atoms with Crippen LogP contribution in [0.4, 0.5) is 0 Å². The number of phenols is 1. The van der Waals surface area contributed by atoms with Crippen LogP contribution in [0, 0.1) is 0 Å². The van der Waals surface area contributed by atoms with Gasteiger partial charge in [-0.3, -0.25) is 29.0 Å². The highest BCUT2D eigenvalue weighted by atomic mass is 16.4. The number of nitrogens with two attached hydrogens (primary N) is 4. The van der Waals surface area contributed by atoms with Gasteiger partial charge in [0, 0.05) is 13.0 Å². The number of phenolic OH excluding ortho intramolecular Hbond substituents is 1. The number of aliphatic carboxylic acids is 2. The molecule has 0 fully saturated rings. The summed E-state index contributed by atoms with van der Waals surface area (Å²) in [7, 11) is 0. The standard InChI is InChI=1S/C23H34N8O9/c24-13(9-17(25)33)19(36)29-14(2-1-7-28-23(26)27)20(37)30-15(8-11-3-5-12(32)6-4-11)21(38)31-16(22(39)40)10-18(34)35/h3-6,13-16,32H,1-2,7-10,24H2,(H2,25,33)(H,29,36)(H,30,37)(H,31,38)(H,34,35)(H,39,40)(H4,26,27,28). The van der Waals surface area contributed by atoms with Crippen LogP contribution in [-0.4, -0.2) is 87.6 Å². The number of guanidine groups is 1. The molecule has 1 aromatic rings. The fourth-order valence-electron chi connectivity index (χ4n) is 3.36. The summed E-state index contributed by atoms with van der Waals surface area (Å²) in [5.41, 5.74) is 21.7. The van der Waals surface area contributed by atoms with Crippen molar-refractivity contribution in [1.82, 2.24) is 16.0 Å². The molecular formula is C23H34N8O9. The molecule has 1 aromatic carbocycles. The molecule has 17 nitrogen and oxygen atoms in total. The summed E-state index contributed by atoms with van der Waals surface area (Å²) in [6.45, 7) is 0.0855. The Morgan fingerprint density at radius 3 is 1.88 bits per heavy atom. The van der Waals surface area contributed by atoms with Crippen molar-refractivity contribution in [3.8, 4) is 5.75 Å². The summed E-state index contributed by atoms with van der Waals surface area (Å²) in [5, 5.41) is 34.7. The minimum Gasteiger partial charge on any atom is -0.508 e. The molecule has 220 valence electrons. The van der Waals surface area contributed by atoms with E-state index in [0.717, 1.165) is 0 Å². The third kappa shape index (κ3) is 12.5. The highest BCUT2D eigenvalue weighted by Crippen LogP contribution is 2.12. The molecule has 0 bridgehead atoms. The van der Waals surface area contributed by atoms with Gasteiger partial charge in [-0.25, -0.2) is 4.79 Å². The number of nitrogens with zero attached hydrogens (tertiary/aromatic N) is 1. The summed E-state index contributed by atoms with van der Waals surface area (Å²) in [4.78, 5) is 76.2. The quantitative estimate of drug-likeness (QED) is 0.0493. The lowest BCUT2D eigenvalue weighted by Crippen LogP contribution is -2.58. The second-order valence-corrected chi connectivity index (χ2v) is 8.72. The van der Waals surface area contributed by atoms with Crippen LogP contribution in [0.2, 0.25) is 0 Å². The molecule has 4 atom stereocenters. The maximum Gasteiger partial charge on any atom is 0.326 e. The number of carbonyl (C=O) groups is 6. The summed E-state index contributed by atoms with van der Waals surface area (Å²) in [6, 6.07) is -0.364. The third-order valence-electron chi connectivity index (χ3n) is 5.34. The number of hydrogen-bond acceptors (Lipinski definition) is 9. The number of carbonyl (C=O) groups excluding carboxylic acids is 4. The van der Waals surface area contributed by atoms with E-state index < -0.39 is 72.6 Å². The maximum absolute atomic E-state index is 13.2. The molecule has 17 heteroatoms. The third-order valence-corrected chi connectivity index (χ3v) is 5.34. The van der Waals surface area contributed by atoms with E-state index in [1.54, 1.807) is 0 Å². The first-order valence-corrected chi connectivity index (χ1v) is 11.9. The molecule has 0 aliphatic rings. The van der Waals surface area contributed by atoms with Gasteiger partial charge in [0.15, 0.2) is 5.96 Å². The molecule has 0 aliphatic carbocycles. The van der Waals surface area contributed by atoms with Gasteiger partial charge < -0.3 is 54.2 Å². The van der Waals surface area contributed by atoms with E-state index in [9.17, 15) is 39.0 Å². The molecule has 4 amide bonds. The average molecular weight is 567 g/mol. The van der Waals surface area contributed by atoms with E-state index >= 15 is 0 Å². The van der Waals surface area contributed by atoms with Crippen molar-refractivity contribution in [3.63, 3.8) is 0 Å². The Labute approximate surface area is 228 Å². The molecule has 0 saturated heterocycles. The van der Waals surface area contributed by atoms with Gasteiger partial charge in [-0.2, -0.15) is 0 Å². The average Bonchev–Trinajstić information content (AvgIpc) is 2.85. The molecule has 0 heterocycles. The normalized spacial score (nSPS) is 13.5. The van der Waals surface area contributed by atoms with Crippen LogP contribution < -0.4 is 38.9 Å². The molecule has 0 saturated carbocycles. The van der Waals surface area contributed by atoms with Gasteiger partial charge in [-0.05, 0) is 30.5 Å². The molecule has 4 unspecified atom stereocenters. The Hall–Kier alpha value is -4.93. The van der Waals surface area contributed by atoms with Crippen molar-refractivity contribution in [2.75, 3.05) is 6.54 Å². The van der Waals surface area contributed by atoms with Crippen LogP contribution in [0.1, 0.15) is 31.2 Å². The van der Waals surface area contributed by atoms with Crippen LogP contribution in [-0.2, 0) is 35.2 Å². The summed E-state index contributed by atoms with van der Waals surface area (Å²) in [5.74, 6) is -7.00. The Kier molecular flexibility index (Phi) is 13.3. The van der Waals surface area contributed by atoms with Crippen LogP contribution in [0.15, 0.2) is 29.3 Å². The van der Waals surface area contributed by atoms with E-state index in [0.29, 0.717) is 5.56 Å². The van der Waals surface area contributed by atoms with Crippen molar-refractivity contribution in [2.45, 2.75) is 56.3 Å². The summed E-state index contributed by atoms with van der Waals surface area (Å²) < 4.78 is 0. The van der Waals surface area contributed by atoms with E-state index in [1.165, 1.54) is 24.3 Å². The van der Waals surface area contributed by atoms with Gasteiger partial charge >= 0.3 is 11.9 Å². The lowest BCUT2D eigenvalue weighted by atomic mass is 10.0. The predicted octanol–water partition coefficient (Wildman–Crippen LogP) is -3.80. The topological polar surface area (TPSA) is 316 Å². The molecule has 40 heavy (non-hydrogen) atoms. The fourth-order valence-corrected chi connectivity index (χ4v) is 3.36. The van der Waals surface area contributed by atoms with Crippen LogP contribution >= 0.6 is 0 Å². The Bertz CT molecular complexity index is 1110. The van der Waals surface area contributed by atoms with Gasteiger partial charge in [0.1, 0.15) is 23.9 Å². The number of aromatic hydroxyl groups is 1. The second-order valence-electron chi connectivity index (χ2n) is 8.72. The number of rotatable bonds is 17. The van der Waals surface area contributed by atoms with Gasteiger partial charge in [-0.1, -0.05) is 12.1 Å². The lowest BCUT2D eigenvalue weighted by molar-refractivity contribution is -0.147. The Morgan fingerprint density at radius 1 is 0.800 bits per heavy atom. The van der Waals surface area contributed by atoms with E-state index in [-0.39, 0.29) is 37.5 Å². The lowest BCUT2D eigenvalue weighted by Gasteiger charge is -2.25. The summed E-state index contributed by atoms with van der Waals surface area (Å²) in [6.07, 6.45) is -1.48. The molecule has 14 N–H and O–H groups in total. The minimum atomic E-state index is -1.80. The van der Waals surface area contributed by atoms with Gasteiger partial charge in [-0.15, -0.1) is 0 Å². The highest BCUT2D eigenvalue weighted by molar-refractivity contribution is 5.95. The SMILES string of the molecule is NC(=O)CC(N)C(=O)NC(CCCN=C(N)N)C(=O)NC(Cc1ccc(O)cc1)C(=O)NC(CC(=O)O)C(=O)O. The fraction of sp³-hybridized carbons (Fsp3) is 0.435. The van der Waals surface area contributed by atoms with Crippen molar-refractivity contribution in [2.24, 2.45) is 27.9 Å². The first-order chi connectivity index (χ1) is 18.7. The van der Waals surface area contributed by atoms with Gasteiger partial charge in [0.05, 0.1) is 18.9 Å². The van der Waals surface area contributed by atoms with E-state index in [2.05, 4.69) is 20.9 Å². The minimum absolute atomic E-state index is 0.0397. The molecule has 0 spiro atoms.